The summed E-state index contributed by atoms with van der Waals surface area (Å²) in [5.74, 6) is 0. The Morgan fingerprint density at radius 1 is 0.425 bits per heavy atom. The maximum atomic E-state index is 4.52. The Balaban J connectivity index is 0.00000177. The zero-order chi connectivity index (χ0) is 49.7. The fraction of sp³-hybridized carbons (Fsp3) is 0.0725. The van der Waals surface area contributed by atoms with Crippen LogP contribution in [0.3, 0.4) is 0 Å². The van der Waals surface area contributed by atoms with Crippen molar-refractivity contribution in [2.45, 2.75) is 34.1 Å². The van der Waals surface area contributed by atoms with Crippen LogP contribution in [0.5, 0.6) is 0 Å². The van der Waals surface area contributed by atoms with Gasteiger partial charge in [0.15, 0.2) is 0 Å². The molecule has 1 aliphatic rings. The molecule has 352 valence electrons. The maximum absolute atomic E-state index is 4.52. The second kappa shape index (κ2) is 19.0. The largest absolute Gasteiger partial charge is 0.309 e. The van der Waals surface area contributed by atoms with Gasteiger partial charge in [-0.2, -0.15) is 0 Å². The van der Waals surface area contributed by atoms with Gasteiger partial charge >= 0.3 is 0 Å². The quantitative estimate of drug-likeness (QED) is 0.144. The number of para-hydroxylation sites is 1. The molecule has 0 bridgehead atoms. The van der Waals surface area contributed by atoms with Crippen molar-refractivity contribution in [2.24, 2.45) is 0 Å². The number of allylic oxidation sites excluding steroid dienone is 2. The summed E-state index contributed by atoms with van der Waals surface area (Å²) >= 11 is 3.65. The highest BCUT2D eigenvalue weighted by Crippen LogP contribution is 2.55. The Bertz CT molecular complexity index is 4180. The first-order chi connectivity index (χ1) is 36.0. The number of nitrogens with zero attached hydrogens (tertiary/aromatic N) is 2. The molecule has 4 aromatic heterocycles. The number of rotatable bonds is 8. The minimum Gasteiger partial charge on any atom is -0.309 e. The summed E-state index contributed by atoms with van der Waals surface area (Å²) in [4.78, 5) is 1.20. The molecule has 0 spiro atoms. The van der Waals surface area contributed by atoms with Crippen molar-refractivity contribution in [1.29, 1.82) is 0 Å². The second-order valence-corrected chi connectivity index (χ2v) is 20.8. The lowest BCUT2D eigenvalue weighted by atomic mass is 9.84. The van der Waals surface area contributed by atoms with Crippen LogP contribution in [-0.4, -0.2) is 9.13 Å². The molecule has 0 radical (unpaired) electrons. The Labute approximate surface area is 436 Å². The van der Waals surface area contributed by atoms with Crippen molar-refractivity contribution in [3.8, 4) is 78.4 Å². The molecule has 0 amide bonds. The molecule has 0 saturated carbocycles. The molecule has 73 heavy (non-hydrogen) atoms. The monoisotopic (exact) mass is 974 g/mol. The Morgan fingerprint density at radius 3 is 1.53 bits per heavy atom. The molecule has 0 saturated heterocycles. The highest BCUT2D eigenvalue weighted by molar-refractivity contribution is 7.25. The number of fused-ring (bicyclic) bond motifs is 14. The average Bonchev–Trinajstić information content (AvgIpc) is 4.18. The highest BCUT2D eigenvalue weighted by Gasteiger charge is 2.33. The molecule has 1 aliphatic carbocycles. The third-order valence-electron chi connectivity index (χ3n) is 14.1. The minimum atomic E-state index is 1.09. The van der Waals surface area contributed by atoms with E-state index in [0.29, 0.717) is 0 Å². The molecule has 0 atom stereocenters. The van der Waals surface area contributed by atoms with Crippen molar-refractivity contribution in [3.05, 3.63) is 229 Å². The summed E-state index contributed by atoms with van der Waals surface area (Å²) < 4.78 is 8.86. The standard InChI is InChI=1S/C66H46N2S2.C3H8/c1-5-17-48-55-39-43(31-37-61(55)69-59(48)8-4)41-29-35-46(36-30-41)68-58-25-15-13-24-54(58)64-51-21-10-12-23-53(51)65-63(50-20-9-11-22-52(50)66(64)68)47(7-3)57(18-6-2)67(65)45-33-27-42(28-34-45)44-32-38-62-56(40-44)49-19-14-16-26-60(49)70-62;1-3-2/h5-40H,3-4H2,1-2H3;3H2,1-2H3/b17-5-,18-6-,63-50?,64-51?,65-53?,66-52?;. The van der Waals surface area contributed by atoms with Gasteiger partial charge in [0.05, 0.1) is 22.6 Å². The van der Waals surface area contributed by atoms with Gasteiger partial charge in [0, 0.05) is 79.7 Å². The summed E-state index contributed by atoms with van der Waals surface area (Å²) in [6.45, 7) is 17.1. The van der Waals surface area contributed by atoms with Crippen LogP contribution in [0.1, 0.15) is 55.8 Å². The van der Waals surface area contributed by atoms with Gasteiger partial charge in [-0.15, -0.1) is 22.7 Å². The summed E-state index contributed by atoms with van der Waals surface area (Å²) in [5, 5.41) is 5.09. The summed E-state index contributed by atoms with van der Waals surface area (Å²) in [6.07, 6.45) is 14.0. The van der Waals surface area contributed by atoms with Crippen LogP contribution in [0.25, 0.3) is 144 Å². The number of aromatic nitrogens is 2. The van der Waals surface area contributed by atoms with E-state index in [9.17, 15) is 0 Å². The van der Waals surface area contributed by atoms with Crippen LogP contribution < -0.4 is 0 Å². The predicted octanol–water partition coefficient (Wildman–Crippen LogP) is 21.1. The van der Waals surface area contributed by atoms with Crippen LogP contribution in [0.2, 0.25) is 0 Å². The third kappa shape index (κ3) is 7.52. The molecule has 13 rings (SSSR count). The van der Waals surface area contributed by atoms with Gasteiger partial charge in [0.2, 0.25) is 0 Å². The normalized spacial score (nSPS) is 11.9. The molecule has 0 fully saturated rings. The molecular formula is C69H54N2S2. The second-order valence-electron chi connectivity index (χ2n) is 18.6. The number of hydrogen-bond acceptors (Lipinski definition) is 2. The van der Waals surface area contributed by atoms with Crippen molar-refractivity contribution in [3.63, 3.8) is 0 Å². The van der Waals surface area contributed by atoms with Gasteiger partial charge in [-0.1, -0.05) is 185 Å². The molecular weight excluding hydrogens is 921 g/mol. The molecule has 4 heteroatoms. The average molecular weight is 975 g/mol. The first kappa shape index (κ1) is 45.8. The fourth-order valence-corrected chi connectivity index (χ4v) is 13.2. The Morgan fingerprint density at radius 2 is 0.918 bits per heavy atom. The van der Waals surface area contributed by atoms with Gasteiger partial charge in [-0.25, -0.2) is 0 Å². The fourth-order valence-electron chi connectivity index (χ4n) is 11.1. The van der Waals surface area contributed by atoms with Crippen molar-refractivity contribution < 1.29 is 0 Å². The summed E-state index contributed by atoms with van der Waals surface area (Å²) in [6, 6.07) is 67.7. The van der Waals surface area contributed by atoms with Gasteiger partial charge in [-0.3, -0.25) is 0 Å². The van der Waals surface area contributed by atoms with E-state index in [1.807, 2.05) is 17.4 Å². The Hall–Kier alpha value is -8.28. The van der Waals surface area contributed by atoms with E-state index in [1.54, 1.807) is 11.3 Å². The molecule has 8 aromatic carbocycles. The lowest BCUT2D eigenvalue weighted by Crippen LogP contribution is -2.04. The molecule has 4 heterocycles. The highest BCUT2D eigenvalue weighted by atomic mass is 32.1. The van der Waals surface area contributed by atoms with Crippen molar-refractivity contribution >= 4 is 88.1 Å². The smallest absolute Gasteiger partial charge is 0.0625 e. The first-order valence-corrected chi connectivity index (χ1v) is 26.9. The van der Waals surface area contributed by atoms with E-state index in [4.69, 9.17) is 0 Å². The van der Waals surface area contributed by atoms with Crippen molar-refractivity contribution in [1.82, 2.24) is 9.13 Å². The maximum Gasteiger partial charge on any atom is 0.0625 e. The van der Waals surface area contributed by atoms with Gasteiger partial charge in [0.1, 0.15) is 0 Å². The van der Waals surface area contributed by atoms with E-state index >= 15 is 0 Å². The zero-order valence-corrected chi connectivity index (χ0v) is 43.2. The van der Waals surface area contributed by atoms with E-state index in [1.165, 1.54) is 114 Å². The van der Waals surface area contributed by atoms with E-state index in [0.717, 1.165) is 33.8 Å². The van der Waals surface area contributed by atoms with Crippen molar-refractivity contribution in [2.75, 3.05) is 0 Å². The van der Waals surface area contributed by atoms with Crippen LogP contribution in [0, 0.1) is 0 Å². The minimum absolute atomic E-state index is 1.09. The van der Waals surface area contributed by atoms with E-state index < -0.39 is 0 Å². The zero-order valence-electron chi connectivity index (χ0n) is 41.6. The first-order valence-electron chi connectivity index (χ1n) is 25.3. The Kier molecular flexibility index (Phi) is 12.0. The molecule has 2 nitrogen and oxygen atoms in total. The topological polar surface area (TPSA) is 9.86 Å². The molecule has 0 N–H and O–H groups in total. The van der Waals surface area contributed by atoms with E-state index in [-0.39, 0.29) is 0 Å². The van der Waals surface area contributed by atoms with Gasteiger partial charge in [-0.05, 0) is 120 Å². The summed E-state index contributed by atoms with van der Waals surface area (Å²) in [7, 11) is 0. The van der Waals surface area contributed by atoms with Gasteiger partial charge in [0.25, 0.3) is 0 Å². The van der Waals surface area contributed by atoms with Crippen LogP contribution in [-0.2, 0) is 0 Å². The van der Waals surface area contributed by atoms with E-state index in [2.05, 4.69) is 262 Å². The third-order valence-corrected chi connectivity index (χ3v) is 16.5. The summed E-state index contributed by atoms with van der Waals surface area (Å²) in [5.41, 5.74) is 21.0. The number of thiophene rings is 2. The van der Waals surface area contributed by atoms with Gasteiger partial charge < -0.3 is 9.13 Å². The number of hydrogen-bond donors (Lipinski definition) is 0. The van der Waals surface area contributed by atoms with Crippen LogP contribution in [0.15, 0.2) is 207 Å². The van der Waals surface area contributed by atoms with Crippen LogP contribution >= 0.6 is 22.7 Å². The molecule has 0 aliphatic heterocycles. The predicted molar refractivity (Wildman–Crippen MR) is 323 cm³/mol. The lowest BCUT2D eigenvalue weighted by Gasteiger charge is -2.23. The molecule has 0 unspecified atom stereocenters. The number of benzene rings is 8. The molecule has 12 aromatic rings. The lowest BCUT2D eigenvalue weighted by molar-refractivity contribution is 1.07. The van der Waals surface area contributed by atoms with Crippen LogP contribution in [0.4, 0.5) is 0 Å². The SMILES string of the molecule is C=Cc1sc2ccc(-c3ccc(-n4c5c(c6ccccc64)-c4ccccc4-c4c(c(C=C)c(/C=C\C)n4-c4ccc(-c6ccc7sc8ccccc8c7c6)cc4)-c4ccccc4-5)cc3)cc2c1/C=C\C.CCC.